The molecule has 0 aliphatic rings. The maximum absolute atomic E-state index is 6.88. The van der Waals surface area contributed by atoms with Crippen molar-refractivity contribution in [2.45, 2.75) is 19.3 Å². The van der Waals surface area contributed by atoms with Gasteiger partial charge in [-0.1, -0.05) is 48.4 Å². The highest BCUT2D eigenvalue weighted by Gasteiger charge is 1.98. The van der Waals surface area contributed by atoms with E-state index in [1.165, 1.54) is 16.3 Å². The molecule has 2 aromatic rings. The van der Waals surface area contributed by atoms with E-state index in [0.717, 1.165) is 19.3 Å². The van der Waals surface area contributed by atoms with Crippen molar-refractivity contribution in [1.82, 2.24) is 0 Å². The third-order valence-electron chi connectivity index (χ3n) is 2.63. The van der Waals surface area contributed by atoms with Gasteiger partial charge in [-0.05, 0) is 35.6 Å². The molecule has 0 fully saturated rings. The molecule has 0 saturated heterocycles. The molecule has 0 atom stereocenters. The Kier molecular flexibility index (Phi) is 3.05. The van der Waals surface area contributed by atoms with Crippen molar-refractivity contribution in [3.63, 3.8) is 0 Å². The molecule has 0 saturated carbocycles. The predicted octanol–water partition coefficient (Wildman–Crippen LogP) is 3.75. The number of aryl methyl sites for hydroxylation is 1. The second-order valence-corrected chi connectivity index (χ2v) is 3.67. The average Bonchev–Trinajstić information content (AvgIpc) is 2.30. The molecule has 0 heterocycles. The zero-order chi connectivity index (χ0) is 10.5. The number of hydrogen-bond donors (Lipinski definition) is 0. The molecule has 1 radical (unpaired) electrons. The summed E-state index contributed by atoms with van der Waals surface area (Å²) in [7, 11) is 0. The van der Waals surface area contributed by atoms with Crippen LogP contribution in [0.25, 0.3) is 10.8 Å². The van der Waals surface area contributed by atoms with Gasteiger partial charge in [0.25, 0.3) is 0 Å². The molecule has 0 aromatic heterocycles. The van der Waals surface area contributed by atoms with Gasteiger partial charge in [0.05, 0.1) is 0 Å². The van der Waals surface area contributed by atoms with Crippen LogP contribution in [0.3, 0.4) is 0 Å². The van der Waals surface area contributed by atoms with Crippen molar-refractivity contribution in [2.24, 2.45) is 0 Å². The van der Waals surface area contributed by atoms with Gasteiger partial charge < -0.3 is 0 Å². The van der Waals surface area contributed by atoms with Gasteiger partial charge in [-0.15, -0.1) is 0 Å². The first-order valence-corrected chi connectivity index (χ1v) is 5.28. The van der Waals surface area contributed by atoms with E-state index < -0.39 is 0 Å². The smallest absolute Gasteiger partial charge is 0.0102 e. The molecule has 0 heteroatoms. The highest BCUT2D eigenvalue weighted by molar-refractivity contribution is 5.85. The molecule has 2 rings (SSSR count). The van der Waals surface area contributed by atoms with E-state index in [0.29, 0.717) is 0 Å². The van der Waals surface area contributed by atoms with E-state index in [4.69, 9.17) is 6.42 Å². The van der Waals surface area contributed by atoms with Gasteiger partial charge in [0.1, 0.15) is 0 Å². The number of fused-ring (bicyclic) bond motifs is 1. The number of benzene rings is 2. The van der Waals surface area contributed by atoms with Gasteiger partial charge in [0, 0.05) is 6.42 Å². The minimum atomic E-state index is 0.753. The predicted molar refractivity (Wildman–Crippen MR) is 64.0 cm³/mol. The zero-order valence-electron chi connectivity index (χ0n) is 8.66. The second kappa shape index (κ2) is 4.66. The molecular weight excluding hydrogens is 180 g/mol. The van der Waals surface area contributed by atoms with Crippen molar-refractivity contribution in [3.8, 4) is 5.92 Å². The van der Waals surface area contributed by atoms with Crippen LogP contribution in [-0.4, -0.2) is 0 Å². The Bertz CT molecular complexity index is 483. The molecule has 15 heavy (non-hydrogen) atoms. The summed E-state index contributed by atoms with van der Waals surface area (Å²) in [4.78, 5) is 0. The van der Waals surface area contributed by atoms with Crippen molar-refractivity contribution in [1.29, 1.82) is 0 Å². The van der Waals surface area contributed by atoms with E-state index in [1.54, 1.807) is 0 Å². The van der Waals surface area contributed by atoms with Crippen LogP contribution in [0.15, 0.2) is 42.5 Å². The van der Waals surface area contributed by atoms with Crippen molar-refractivity contribution >= 4 is 10.8 Å². The summed E-state index contributed by atoms with van der Waals surface area (Å²) in [5.41, 5.74) is 1.38. The first-order chi connectivity index (χ1) is 7.42. The molecule has 0 bridgehead atoms. The van der Waals surface area contributed by atoms with E-state index in [1.807, 2.05) is 0 Å². The summed E-state index contributed by atoms with van der Waals surface area (Å²) in [6.45, 7) is 0. The molecule has 73 valence electrons. The Labute approximate surface area is 90.9 Å². The van der Waals surface area contributed by atoms with Crippen molar-refractivity contribution in [3.05, 3.63) is 54.5 Å². The van der Waals surface area contributed by atoms with Crippen LogP contribution in [0.1, 0.15) is 18.4 Å². The summed E-state index contributed by atoms with van der Waals surface area (Å²) < 4.78 is 0. The maximum Gasteiger partial charge on any atom is 0.0102 e. The lowest BCUT2D eigenvalue weighted by Crippen LogP contribution is -1.86. The fraction of sp³-hybridized carbons (Fsp3) is 0.200. The monoisotopic (exact) mass is 193 g/mol. The summed E-state index contributed by atoms with van der Waals surface area (Å²) >= 11 is 0. The molecule has 0 N–H and O–H groups in total. The first-order valence-electron chi connectivity index (χ1n) is 5.28. The molecule has 0 amide bonds. The Morgan fingerprint density at radius 3 is 2.67 bits per heavy atom. The normalized spacial score (nSPS) is 10.1. The molecule has 0 spiro atoms. The lowest BCUT2D eigenvalue weighted by Gasteiger charge is -2.04. The first kappa shape index (κ1) is 9.80. The average molecular weight is 193 g/mol. The second-order valence-electron chi connectivity index (χ2n) is 3.67. The third kappa shape index (κ3) is 2.19. The van der Waals surface area contributed by atoms with Gasteiger partial charge in [0.15, 0.2) is 0 Å². The lowest BCUT2D eigenvalue weighted by atomic mass is 10.0. The van der Waals surface area contributed by atoms with Crippen LogP contribution < -0.4 is 0 Å². The third-order valence-corrected chi connectivity index (χ3v) is 2.63. The van der Waals surface area contributed by atoms with Crippen LogP contribution >= 0.6 is 0 Å². The zero-order valence-corrected chi connectivity index (χ0v) is 8.66. The molecule has 0 nitrogen and oxygen atoms in total. The van der Waals surface area contributed by atoms with Crippen LogP contribution in [0.5, 0.6) is 0 Å². The number of hydrogen-bond acceptors (Lipinski definition) is 0. The number of unbranched alkanes of at least 4 members (excludes halogenated alkanes) is 1. The van der Waals surface area contributed by atoms with Crippen LogP contribution in [0.4, 0.5) is 0 Å². The fourth-order valence-electron chi connectivity index (χ4n) is 1.88. The van der Waals surface area contributed by atoms with Crippen LogP contribution in [0, 0.1) is 12.3 Å². The summed E-state index contributed by atoms with van der Waals surface area (Å²) in [6, 6.07) is 14.9. The largest absolute Gasteiger partial charge is 0.0891 e. The van der Waals surface area contributed by atoms with Crippen molar-refractivity contribution < 1.29 is 0 Å². The van der Waals surface area contributed by atoms with E-state index >= 15 is 0 Å². The Morgan fingerprint density at radius 1 is 1.00 bits per heavy atom. The van der Waals surface area contributed by atoms with Crippen LogP contribution in [0.2, 0.25) is 0 Å². The minimum absolute atomic E-state index is 0.753. The Balaban J connectivity index is 2.31. The SMILES string of the molecule is [C]#CCCCc1cccc2ccccc12. The Morgan fingerprint density at radius 2 is 1.80 bits per heavy atom. The summed E-state index contributed by atoms with van der Waals surface area (Å²) in [6.07, 6.45) is 9.68. The quantitative estimate of drug-likeness (QED) is 0.514. The van der Waals surface area contributed by atoms with E-state index in [2.05, 4.69) is 48.4 Å². The van der Waals surface area contributed by atoms with Crippen LogP contribution in [-0.2, 0) is 6.42 Å². The highest BCUT2D eigenvalue weighted by atomic mass is 14.0. The van der Waals surface area contributed by atoms with Gasteiger partial charge in [-0.2, -0.15) is 0 Å². The van der Waals surface area contributed by atoms with Gasteiger partial charge in [-0.25, -0.2) is 0 Å². The highest BCUT2D eigenvalue weighted by Crippen LogP contribution is 2.19. The molecule has 2 aromatic carbocycles. The molecular formula is C15H13. The molecule has 0 aliphatic carbocycles. The topological polar surface area (TPSA) is 0 Å². The van der Waals surface area contributed by atoms with Gasteiger partial charge in [-0.3, -0.25) is 0 Å². The van der Waals surface area contributed by atoms with Gasteiger partial charge >= 0.3 is 0 Å². The van der Waals surface area contributed by atoms with E-state index in [-0.39, 0.29) is 0 Å². The fourth-order valence-corrected chi connectivity index (χ4v) is 1.88. The summed E-state index contributed by atoms with van der Waals surface area (Å²) in [5, 5.41) is 2.64. The number of rotatable bonds is 3. The summed E-state index contributed by atoms with van der Waals surface area (Å²) in [5.74, 6) is 2.44. The molecule has 0 aliphatic heterocycles. The minimum Gasteiger partial charge on any atom is -0.0891 e. The van der Waals surface area contributed by atoms with Crippen molar-refractivity contribution in [2.75, 3.05) is 0 Å². The molecule has 0 unspecified atom stereocenters. The van der Waals surface area contributed by atoms with Gasteiger partial charge in [0.2, 0.25) is 0 Å². The maximum atomic E-state index is 6.88. The standard InChI is InChI=1S/C15H13/c1-2-3-4-8-13-10-7-11-14-9-5-6-12-15(13)14/h5-7,9-12H,3-4,8H2. The van der Waals surface area contributed by atoms with E-state index in [9.17, 15) is 0 Å². The Hall–Kier alpha value is -1.74. The lowest BCUT2D eigenvalue weighted by molar-refractivity contribution is 0.863.